The van der Waals surface area contributed by atoms with Crippen LogP contribution in [-0.4, -0.2) is 41.0 Å². The molecule has 2 heterocycles. The molecule has 1 fully saturated rings. The molecule has 0 bridgehead atoms. The molecular weight excluding hydrogens is 370 g/mol. The maximum atomic E-state index is 12.7. The van der Waals surface area contributed by atoms with E-state index in [0.717, 1.165) is 11.0 Å². The van der Waals surface area contributed by atoms with Gasteiger partial charge >= 0.3 is 0 Å². The topological polar surface area (TPSA) is 54.5 Å². The minimum atomic E-state index is 0.0114. The van der Waals surface area contributed by atoms with Crippen LogP contribution in [0.25, 0.3) is 0 Å². The molecule has 24 heavy (non-hydrogen) atoms. The van der Waals surface area contributed by atoms with Crippen molar-refractivity contribution in [1.82, 2.24) is 15.2 Å². The highest BCUT2D eigenvalue weighted by molar-refractivity contribution is 9.10. The molecule has 2 aromatic rings. The maximum Gasteiger partial charge on any atom is 0.255 e. The number of benzene rings is 1. The van der Waals surface area contributed by atoms with Gasteiger partial charge in [-0.3, -0.25) is 4.79 Å². The third kappa shape index (κ3) is 3.76. The van der Waals surface area contributed by atoms with Crippen molar-refractivity contribution in [3.63, 3.8) is 0 Å². The van der Waals surface area contributed by atoms with E-state index in [9.17, 15) is 4.79 Å². The number of carbonyl (C=O) groups is 1. The van der Waals surface area contributed by atoms with Crippen molar-refractivity contribution in [2.24, 2.45) is 0 Å². The molecule has 5 nitrogen and oxygen atoms in total. The molecule has 1 N–H and O–H groups in total. The number of nitrogens with zero attached hydrogens (tertiary/aromatic N) is 2. The number of hydrogen-bond acceptors (Lipinski definition) is 4. The number of nitrogens with one attached hydrogen (secondary N) is 1. The van der Waals surface area contributed by atoms with Gasteiger partial charge in [-0.25, -0.2) is 4.98 Å². The van der Waals surface area contributed by atoms with Crippen LogP contribution in [-0.2, 0) is 0 Å². The van der Waals surface area contributed by atoms with Crippen LogP contribution in [0.1, 0.15) is 24.2 Å². The van der Waals surface area contributed by atoms with Gasteiger partial charge in [-0.2, -0.15) is 0 Å². The lowest BCUT2D eigenvalue weighted by Gasteiger charge is -2.38. The fraction of sp³-hybridized carbons (Fsp3) is 0.333. The van der Waals surface area contributed by atoms with E-state index < -0.39 is 0 Å². The number of piperazine rings is 1. The highest BCUT2D eigenvalue weighted by Crippen LogP contribution is 2.23. The van der Waals surface area contributed by atoms with Gasteiger partial charge in [-0.05, 0) is 38.1 Å². The van der Waals surface area contributed by atoms with Gasteiger partial charge in [0.05, 0.1) is 5.56 Å². The van der Waals surface area contributed by atoms with Crippen LogP contribution < -0.4 is 10.1 Å². The maximum absolute atomic E-state index is 12.7. The molecular formula is C18H20BrN3O2. The molecule has 3 rings (SSSR count). The van der Waals surface area contributed by atoms with Crippen LogP contribution in [0.2, 0.25) is 0 Å². The number of halogens is 1. The molecule has 1 amide bonds. The van der Waals surface area contributed by atoms with Gasteiger partial charge in [0.2, 0.25) is 5.88 Å². The first-order valence-corrected chi connectivity index (χ1v) is 8.78. The number of rotatable bonds is 3. The monoisotopic (exact) mass is 389 g/mol. The van der Waals surface area contributed by atoms with Crippen LogP contribution in [0.4, 0.5) is 0 Å². The lowest BCUT2D eigenvalue weighted by atomic mass is 10.1. The first-order chi connectivity index (χ1) is 11.5. The van der Waals surface area contributed by atoms with E-state index in [4.69, 9.17) is 4.74 Å². The summed E-state index contributed by atoms with van der Waals surface area (Å²) in [6.07, 6.45) is 1.58. The van der Waals surface area contributed by atoms with Crippen LogP contribution in [0.3, 0.4) is 0 Å². The number of aromatic nitrogens is 1. The van der Waals surface area contributed by atoms with Crippen molar-refractivity contribution in [2.45, 2.75) is 25.9 Å². The SMILES string of the molecule is CC1NCCN(C(=O)c2ccc(Oc3cccc(Br)c3)nc2)C1C. The van der Waals surface area contributed by atoms with E-state index in [1.165, 1.54) is 0 Å². The summed E-state index contributed by atoms with van der Waals surface area (Å²) in [6.45, 7) is 5.68. The summed E-state index contributed by atoms with van der Waals surface area (Å²) >= 11 is 3.40. The Morgan fingerprint density at radius 3 is 2.88 bits per heavy atom. The van der Waals surface area contributed by atoms with Gasteiger partial charge in [0.1, 0.15) is 5.75 Å². The molecule has 2 atom stereocenters. The zero-order chi connectivity index (χ0) is 17.1. The van der Waals surface area contributed by atoms with E-state index in [-0.39, 0.29) is 18.0 Å². The molecule has 0 aliphatic carbocycles. The molecule has 1 aromatic heterocycles. The Bertz CT molecular complexity index is 720. The highest BCUT2D eigenvalue weighted by atomic mass is 79.9. The van der Waals surface area contributed by atoms with Crippen molar-refractivity contribution in [2.75, 3.05) is 13.1 Å². The standard InChI is InChI=1S/C18H20BrN3O2/c1-12-13(2)22(9-8-20-12)18(23)14-6-7-17(21-11-14)24-16-5-3-4-15(19)10-16/h3-7,10-13,20H,8-9H2,1-2H3. The Morgan fingerprint density at radius 1 is 1.33 bits per heavy atom. The smallest absolute Gasteiger partial charge is 0.255 e. The quantitative estimate of drug-likeness (QED) is 0.872. The molecule has 126 valence electrons. The van der Waals surface area contributed by atoms with Crippen molar-refractivity contribution in [3.05, 3.63) is 52.6 Å². The molecule has 0 spiro atoms. The molecule has 0 saturated carbocycles. The lowest BCUT2D eigenvalue weighted by molar-refractivity contribution is 0.0602. The Labute approximate surface area is 150 Å². The minimum Gasteiger partial charge on any atom is -0.439 e. The predicted molar refractivity (Wildman–Crippen MR) is 96.4 cm³/mol. The first-order valence-electron chi connectivity index (χ1n) is 7.98. The molecule has 1 aliphatic heterocycles. The van der Waals surface area contributed by atoms with E-state index in [0.29, 0.717) is 23.7 Å². The van der Waals surface area contributed by atoms with Crippen LogP contribution in [0.15, 0.2) is 47.1 Å². The summed E-state index contributed by atoms with van der Waals surface area (Å²) < 4.78 is 6.64. The Morgan fingerprint density at radius 2 is 2.17 bits per heavy atom. The Balaban J connectivity index is 1.71. The van der Waals surface area contributed by atoms with Crippen LogP contribution in [0.5, 0.6) is 11.6 Å². The van der Waals surface area contributed by atoms with E-state index in [1.807, 2.05) is 29.2 Å². The van der Waals surface area contributed by atoms with Crippen molar-refractivity contribution >= 4 is 21.8 Å². The van der Waals surface area contributed by atoms with Crippen molar-refractivity contribution in [3.8, 4) is 11.6 Å². The zero-order valence-electron chi connectivity index (χ0n) is 13.7. The summed E-state index contributed by atoms with van der Waals surface area (Å²) in [5.74, 6) is 1.17. The largest absolute Gasteiger partial charge is 0.439 e. The zero-order valence-corrected chi connectivity index (χ0v) is 15.3. The minimum absolute atomic E-state index is 0.0114. The second-order valence-electron chi connectivity index (χ2n) is 5.93. The molecule has 2 unspecified atom stereocenters. The number of pyridine rings is 1. The van der Waals surface area contributed by atoms with Gasteiger partial charge in [0.25, 0.3) is 5.91 Å². The van der Waals surface area contributed by atoms with E-state index in [2.05, 4.69) is 40.1 Å². The van der Waals surface area contributed by atoms with Gasteiger partial charge in [-0.1, -0.05) is 22.0 Å². The molecule has 6 heteroatoms. The Hall–Kier alpha value is -1.92. The fourth-order valence-corrected chi connectivity index (χ4v) is 3.11. The third-order valence-electron chi connectivity index (χ3n) is 4.30. The number of carbonyl (C=O) groups excluding carboxylic acids is 1. The summed E-state index contributed by atoms with van der Waals surface area (Å²) in [4.78, 5) is 18.8. The highest BCUT2D eigenvalue weighted by Gasteiger charge is 2.28. The first kappa shape index (κ1) is 16.9. The van der Waals surface area contributed by atoms with Gasteiger partial charge in [0, 0.05) is 41.9 Å². The lowest BCUT2D eigenvalue weighted by Crippen LogP contribution is -2.57. The van der Waals surface area contributed by atoms with E-state index in [1.54, 1.807) is 18.3 Å². The van der Waals surface area contributed by atoms with Crippen LogP contribution in [0, 0.1) is 0 Å². The van der Waals surface area contributed by atoms with Gasteiger partial charge < -0.3 is 15.0 Å². The number of hydrogen-bond donors (Lipinski definition) is 1. The number of amides is 1. The second kappa shape index (κ2) is 7.32. The van der Waals surface area contributed by atoms with Crippen LogP contribution >= 0.6 is 15.9 Å². The third-order valence-corrected chi connectivity index (χ3v) is 4.79. The van der Waals surface area contributed by atoms with Gasteiger partial charge in [-0.15, -0.1) is 0 Å². The second-order valence-corrected chi connectivity index (χ2v) is 6.84. The summed E-state index contributed by atoms with van der Waals surface area (Å²) in [5.41, 5.74) is 0.581. The normalized spacial score (nSPS) is 20.7. The summed E-state index contributed by atoms with van der Waals surface area (Å²) in [7, 11) is 0. The molecule has 1 saturated heterocycles. The fourth-order valence-electron chi connectivity index (χ4n) is 2.73. The average molecular weight is 390 g/mol. The molecule has 0 radical (unpaired) electrons. The summed E-state index contributed by atoms with van der Waals surface area (Å²) in [6, 6.07) is 11.5. The van der Waals surface area contributed by atoms with Gasteiger partial charge in [0.15, 0.2) is 0 Å². The average Bonchev–Trinajstić information content (AvgIpc) is 2.57. The molecule has 1 aromatic carbocycles. The van der Waals surface area contributed by atoms with Crippen molar-refractivity contribution in [1.29, 1.82) is 0 Å². The molecule has 1 aliphatic rings. The van der Waals surface area contributed by atoms with E-state index >= 15 is 0 Å². The van der Waals surface area contributed by atoms with Crippen molar-refractivity contribution < 1.29 is 9.53 Å². The number of ether oxygens (including phenoxy) is 1. The predicted octanol–water partition coefficient (Wildman–Crippen LogP) is 3.46. The Kier molecular flexibility index (Phi) is 5.16. The summed E-state index contributed by atoms with van der Waals surface area (Å²) in [5, 5.41) is 3.38.